The van der Waals surface area contributed by atoms with Crippen molar-refractivity contribution in [3.63, 3.8) is 0 Å². The number of hydrogen-bond acceptors (Lipinski definition) is 8. The Kier molecular flexibility index (Phi) is 6.89. The molecule has 1 aliphatic heterocycles. The number of aromatic nitrogens is 5. The molecule has 0 atom stereocenters. The van der Waals surface area contributed by atoms with Crippen molar-refractivity contribution in [1.82, 2.24) is 24.7 Å². The maximum Gasteiger partial charge on any atom is 0.261 e. The molecule has 4 aromatic rings. The van der Waals surface area contributed by atoms with Crippen LogP contribution in [-0.2, 0) is 11.3 Å². The monoisotopic (exact) mass is 487 g/mol. The molecular weight excluding hydrogens is 458 g/mol. The lowest BCUT2D eigenvalue weighted by Crippen LogP contribution is -2.36. The molecule has 0 radical (unpaired) electrons. The van der Waals surface area contributed by atoms with Gasteiger partial charge in [0.25, 0.3) is 5.56 Å². The Bertz CT molecular complexity index is 1490. The molecule has 36 heavy (non-hydrogen) atoms. The summed E-state index contributed by atoms with van der Waals surface area (Å²) >= 11 is 0. The summed E-state index contributed by atoms with van der Waals surface area (Å²) in [6.07, 6.45) is 6.79. The Morgan fingerprint density at radius 3 is 2.92 bits per heavy atom. The first kappa shape index (κ1) is 23.5. The summed E-state index contributed by atoms with van der Waals surface area (Å²) in [6.45, 7) is 10.2. The van der Waals surface area contributed by atoms with Crippen molar-refractivity contribution in [2.75, 3.05) is 49.6 Å². The summed E-state index contributed by atoms with van der Waals surface area (Å²) in [5, 5.41) is 8.06. The number of fused-ring (bicyclic) bond motifs is 2. The van der Waals surface area contributed by atoms with Gasteiger partial charge in [-0.2, -0.15) is 5.10 Å². The highest BCUT2D eigenvalue weighted by Gasteiger charge is 2.20. The molecule has 1 saturated heterocycles. The van der Waals surface area contributed by atoms with Gasteiger partial charge in [0, 0.05) is 50.5 Å². The molecule has 0 unspecified atom stereocenters. The van der Waals surface area contributed by atoms with E-state index in [0.29, 0.717) is 61.0 Å². The van der Waals surface area contributed by atoms with Crippen LogP contribution in [0.4, 0.5) is 11.4 Å². The molecular formula is C25H29N9O2. The van der Waals surface area contributed by atoms with E-state index in [2.05, 4.69) is 54.1 Å². The quantitative estimate of drug-likeness (QED) is 0.246. The summed E-state index contributed by atoms with van der Waals surface area (Å²) < 4.78 is 7.27. The molecule has 0 amide bonds. The zero-order valence-corrected chi connectivity index (χ0v) is 20.2. The smallest absolute Gasteiger partial charge is 0.261 e. The number of rotatable bonds is 9. The minimum absolute atomic E-state index is 0.239. The average molecular weight is 488 g/mol. The number of aryl methyl sites for hydroxylation is 1. The first-order valence-electron chi connectivity index (χ1n) is 12.0. The number of H-pyrrole nitrogens is 2. The van der Waals surface area contributed by atoms with Crippen molar-refractivity contribution in [3.8, 4) is 11.4 Å². The van der Waals surface area contributed by atoms with Crippen LogP contribution < -0.4 is 15.8 Å². The van der Waals surface area contributed by atoms with Gasteiger partial charge in [0.05, 0.1) is 42.0 Å². The van der Waals surface area contributed by atoms with Crippen molar-refractivity contribution in [3.05, 3.63) is 47.0 Å². The Hall–Kier alpha value is -4.25. The fourth-order valence-electron chi connectivity index (χ4n) is 4.29. The number of benzene rings is 1. The summed E-state index contributed by atoms with van der Waals surface area (Å²) in [4.78, 5) is 34.6. The number of morpholine rings is 1. The number of nitrogens with zero attached hydrogens (tertiary/aromatic N) is 6. The highest BCUT2D eigenvalue weighted by atomic mass is 16.5. The third kappa shape index (κ3) is 4.78. The van der Waals surface area contributed by atoms with Crippen LogP contribution in [0, 0.1) is 0 Å². The van der Waals surface area contributed by atoms with Crippen LogP contribution in [0.3, 0.4) is 0 Å². The number of aliphatic imine (C=N–C) groups is 2. The fourth-order valence-corrected chi connectivity index (χ4v) is 4.29. The molecule has 0 aliphatic carbocycles. The van der Waals surface area contributed by atoms with Gasteiger partial charge in [0.1, 0.15) is 16.9 Å². The van der Waals surface area contributed by atoms with E-state index in [9.17, 15) is 4.79 Å². The standard InChI is InChI=1S/C25H29N9O2/c1-3-34-16-20-22(32-34)23(28-10-9-27-8-4-7-26-2)21(25(35)31-20)24-29-18-6-5-17(15-19(18)30-24)33-11-13-36-14-12-33/h4-8,15-16,28H,2-3,9-14H2,1H3,(H,29,30)(H,31,35)/b7-4-,27-8-. The largest absolute Gasteiger partial charge is 0.381 e. The molecule has 3 N–H and O–H groups in total. The predicted octanol–water partition coefficient (Wildman–Crippen LogP) is 2.82. The van der Waals surface area contributed by atoms with Crippen LogP contribution >= 0.6 is 0 Å². The molecule has 3 aromatic heterocycles. The average Bonchev–Trinajstić information content (AvgIpc) is 3.51. The highest BCUT2D eigenvalue weighted by Crippen LogP contribution is 2.31. The molecule has 5 rings (SSSR count). The van der Waals surface area contributed by atoms with Crippen LogP contribution in [0.15, 0.2) is 51.5 Å². The molecule has 1 aromatic carbocycles. The second-order valence-electron chi connectivity index (χ2n) is 8.34. The Balaban J connectivity index is 1.52. The lowest BCUT2D eigenvalue weighted by molar-refractivity contribution is 0.122. The van der Waals surface area contributed by atoms with E-state index in [-0.39, 0.29) is 5.56 Å². The zero-order chi connectivity index (χ0) is 24.9. The van der Waals surface area contributed by atoms with Gasteiger partial charge in [0.2, 0.25) is 0 Å². The molecule has 0 bridgehead atoms. The van der Waals surface area contributed by atoms with Crippen LogP contribution in [-0.4, -0.2) is 77.1 Å². The van der Waals surface area contributed by atoms with Gasteiger partial charge < -0.3 is 24.9 Å². The topological polar surface area (TPSA) is 129 Å². The van der Waals surface area contributed by atoms with Crippen molar-refractivity contribution in [2.45, 2.75) is 13.5 Å². The molecule has 11 heteroatoms. The van der Waals surface area contributed by atoms with Crippen molar-refractivity contribution in [2.24, 2.45) is 9.98 Å². The summed E-state index contributed by atoms with van der Waals surface area (Å²) in [5.74, 6) is 0.490. The van der Waals surface area contributed by atoms with E-state index in [1.54, 1.807) is 23.2 Å². The number of pyridine rings is 1. The summed E-state index contributed by atoms with van der Waals surface area (Å²) in [6, 6.07) is 6.11. The van der Waals surface area contributed by atoms with Crippen LogP contribution in [0.25, 0.3) is 33.5 Å². The van der Waals surface area contributed by atoms with Crippen LogP contribution in [0.2, 0.25) is 0 Å². The second-order valence-corrected chi connectivity index (χ2v) is 8.34. The van der Waals surface area contributed by atoms with E-state index >= 15 is 0 Å². The maximum atomic E-state index is 13.3. The Labute approximate surface area is 207 Å². The predicted molar refractivity (Wildman–Crippen MR) is 145 cm³/mol. The van der Waals surface area contributed by atoms with E-state index in [4.69, 9.17) is 9.72 Å². The number of hydrogen-bond donors (Lipinski definition) is 3. The number of nitrogens with one attached hydrogen (secondary N) is 3. The molecule has 11 nitrogen and oxygen atoms in total. The van der Waals surface area contributed by atoms with Gasteiger partial charge in [-0.05, 0) is 37.9 Å². The van der Waals surface area contributed by atoms with Crippen molar-refractivity contribution < 1.29 is 4.74 Å². The highest BCUT2D eigenvalue weighted by molar-refractivity contribution is 5.96. The third-order valence-electron chi connectivity index (χ3n) is 6.05. The van der Waals surface area contributed by atoms with E-state index in [0.717, 1.165) is 29.8 Å². The summed E-state index contributed by atoms with van der Waals surface area (Å²) in [5.41, 5.74) is 4.92. The molecule has 1 aliphatic rings. The van der Waals surface area contributed by atoms with E-state index in [1.807, 2.05) is 19.2 Å². The van der Waals surface area contributed by atoms with Gasteiger partial charge in [-0.3, -0.25) is 19.5 Å². The number of allylic oxidation sites excluding steroid dienone is 1. The SMILES string of the molecule is C=N/C=C\C=N/CCNc1c(-c2nc3ccc(N4CCOCC4)cc3[nH]2)c(=O)[nH]c2cn(CC)nc12. The molecule has 0 saturated carbocycles. The van der Waals surface area contributed by atoms with Crippen molar-refractivity contribution >= 4 is 46.4 Å². The Morgan fingerprint density at radius 2 is 2.11 bits per heavy atom. The minimum Gasteiger partial charge on any atom is -0.381 e. The first-order chi connectivity index (χ1) is 17.7. The third-order valence-corrected chi connectivity index (χ3v) is 6.05. The van der Waals surface area contributed by atoms with Gasteiger partial charge in [-0.1, -0.05) is 0 Å². The lowest BCUT2D eigenvalue weighted by atomic mass is 10.2. The van der Waals surface area contributed by atoms with E-state index in [1.165, 1.54) is 0 Å². The number of ether oxygens (including phenoxy) is 1. The summed E-state index contributed by atoms with van der Waals surface area (Å²) in [7, 11) is 0. The second kappa shape index (κ2) is 10.6. The van der Waals surface area contributed by atoms with Gasteiger partial charge >= 0.3 is 0 Å². The number of anilines is 2. The zero-order valence-electron chi connectivity index (χ0n) is 20.2. The fraction of sp³-hybridized carbons (Fsp3) is 0.320. The van der Waals surface area contributed by atoms with E-state index < -0.39 is 0 Å². The number of imidazole rings is 1. The minimum atomic E-state index is -0.239. The molecule has 186 valence electrons. The van der Waals surface area contributed by atoms with Crippen LogP contribution in [0.5, 0.6) is 0 Å². The van der Waals surface area contributed by atoms with Crippen molar-refractivity contribution in [1.29, 1.82) is 0 Å². The van der Waals surface area contributed by atoms with Gasteiger partial charge in [0.15, 0.2) is 0 Å². The van der Waals surface area contributed by atoms with Gasteiger partial charge in [-0.25, -0.2) is 4.98 Å². The molecule has 1 fully saturated rings. The van der Waals surface area contributed by atoms with Gasteiger partial charge in [-0.15, -0.1) is 0 Å². The first-order valence-corrected chi connectivity index (χ1v) is 12.0. The number of aromatic amines is 2. The molecule has 4 heterocycles. The molecule has 0 spiro atoms. The maximum absolute atomic E-state index is 13.3. The lowest BCUT2D eigenvalue weighted by Gasteiger charge is -2.28. The van der Waals surface area contributed by atoms with Crippen LogP contribution in [0.1, 0.15) is 6.92 Å². The Morgan fingerprint density at radius 1 is 1.25 bits per heavy atom. The normalized spacial score (nSPS) is 14.5.